The number of rotatable bonds is 7. The third-order valence-electron chi connectivity index (χ3n) is 3.13. The normalized spacial score (nSPS) is 13.2. The van der Waals surface area contributed by atoms with E-state index in [-0.39, 0.29) is 15.4 Å². The van der Waals surface area contributed by atoms with Crippen LogP contribution in [0.25, 0.3) is 0 Å². The molecule has 2 atom stereocenters. The second-order valence-electron chi connectivity index (χ2n) is 4.67. The molecule has 0 amide bonds. The Balaban J connectivity index is 2.22. The van der Waals surface area contributed by atoms with Crippen LogP contribution < -0.4 is 4.74 Å². The molecule has 0 bridgehead atoms. The van der Waals surface area contributed by atoms with Gasteiger partial charge >= 0.3 is 0 Å². The predicted molar refractivity (Wildman–Crippen MR) is 97.3 cm³/mol. The minimum atomic E-state index is -0.386. The molecule has 0 saturated heterocycles. The van der Waals surface area contributed by atoms with E-state index in [0.29, 0.717) is 17.9 Å². The van der Waals surface area contributed by atoms with Crippen molar-refractivity contribution in [3.63, 3.8) is 0 Å². The van der Waals surface area contributed by atoms with Crippen molar-refractivity contribution < 1.29 is 9.53 Å². The molecule has 2 rings (SSSR count). The minimum Gasteiger partial charge on any atom is -0.489 e. The molecule has 0 aliphatic carbocycles. The first kappa shape index (κ1) is 17.0. The van der Waals surface area contributed by atoms with Crippen LogP contribution in [-0.4, -0.2) is 17.2 Å². The summed E-state index contributed by atoms with van der Waals surface area (Å²) in [6, 6.07) is 17.1. The molecule has 114 valence electrons. The summed E-state index contributed by atoms with van der Waals surface area (Å²) in [6.07, 6.45) is 1.66. The van der Waals surface area contributed by atoms with Gasteiger partial charge < -0.3 is 4.74 Å². The number of carbonyl (C=O) groups excluding carboxylic acids is 1. The van der Waals surface area contributed by atoms with Gasteiger partial charge in [0.2, 0.25) is 0 Å². The maximum atomic E-state index is 12.8. The zero-order valence-electron chi connectivity index (χ0n) is 11.9. The molecule has 22 heavy (non-hydrogen) atoms. The summed E-state index contributed by atoms with van der Waals surface area (Å²) in [5, 5.41) is 0. The molecule has 2 unspecified atom stereocenters. The van der Waals surface area contributed by atoms with Gasteiger partial charge in [0.25, 0.3) is 0 Å². The number of halogens is 2. The van der Waals surface area contributed by atoms with Gasteiger partial charge in [-0.3, -0.25) is 4.79 Å². The maximum absolute atomic E-state index is 12.8. The molecule has 0 radical (unpaired) electrons. The fourth-order valence-electron chi connectivity index (χ4n) is 2.03. The largest absolute Gasteiger partial charge is 0.489 e. The van der Waals surface area contributed by atoms with E-state index in [0.717, 1.165) is 5.56 Å². The number of para-hydroxylation sites is 1. The minimum absolute atomic E-state index is 0.0228. The third kappa shape index (κ3) is 4.08. The van der Waals surface area contributed by atoms with E-state index in [4.69, 9.17) is 4.74 Å². The van der Waals surface area contributed by atoms with Gasteiger partial charge in [-0.2, -0.15) is 0 Å². The monoisotopic (exact) mass is 422 g/mol. The van der Waals surface area contributed by atoms with Gasteiger partial charge in [0.05, 0.1) is 15.2 Å². The molecule has 2 nitrogen and oxygen atoms in total. The fraction of sp³-hybridized carbons (Fsp3) is 0.167. The van der Waals surface area contributed by atoms with Crippen molar-refractivity contribution in [3.8, 4) is 5.75 Å². The molecule has 0 heterocycles. The highest BCUT2D eigenvalue weighted by Gasteiger charge is 2.27. The maximum Gasteiger partial charge on any atom is 0.181 e. The molecule has 0 aromatic heterocycles. The molecular weight excluding hydrogens is 408 g/mol. The fourth-order valence-corrected chi connectivity index (χ4v) is 3.13. The van der Waals surface area contributed by atoms with Gasteiger partial charge in [-0.15, -0.1) is 0 Å². The number of ether oxygens (including phenoxy) is 1. The Bertz CT molecular complexity index is 641. The highest BCUT2D eigenvalue weighted by molar-refractivity contribution is 9.12. The van der Waals surface area contributed by atoms with Crippen LogP contribution in [-0.2, 0) is 0 Å². The zero-order valence-corrected chi connectivity index (χ0v) is 15.1. The Morgan fingerprint density at radius 3 is 2.41 bits per heavy atom. The van der Waals surface area contributed by atoms with E-state index >= 15 is 0 Å². The van der Waals surface area contributed by atoms with Crippen LogP contribution in [0.5, 0.6) is 5.75 Å². The molecular formula is C18H16Br2O2. The first-order chi connectivity index (χ1) is 10.6. The Hall–Kier alpha value is -1.39. The van der Waals surface area contributed by atoms with Crippen LogP contribution >= 0.6 is 31.9 Å². The van der Waals surface area contributed by atoms with E-state index in [1.807, 2.05) is 42.5 Å². The highest BCUT2D eigenvalue weighted by atomic mass is 79.9. The summed E-state index contributed by atoms with van der Waals surface area (Å²) in [4.78, 5) is 12.3. The van der Waals surface area contributed by atoms with Crippen molar-refractivity contribution in [2.24, 2.45) is 0 Å². The van der Waals surface area contributed by atoms with Crippen LogP contribution in [0.1, 0.15) is 20.7 Å². The number of hydrogen-bond acceptors (Lipinski definition) is 2. The summed E-state index contributed by atoms with van der Waals surface area (Å²) in [5.41, 5.74) is 1.61. The van der Waals surface area contributed by atoms with Gasteiger partial charge in [-0.1, -0.05) is 87.0 Å². The van der Waals surface area contributed by atoms with Gasteiger partial charge in [-0.05, 0) is 17.7 Å². The van der Waals surface area contributed by atoms with Crippen molar-refractivity contribution in [1.29, 1.82) is 0 Å². The molecule has 0 saturated carbocycles. The molecule has 0 N–H and O–H groups in total. The van der Waals surface area contributed by atoms with Crippen LogP contribution in [0.15, 0.2) is 67.3 Å². The van der Waals surface area contributed by atoms with Crippen molar-refractivity contribution in [2.45, 2.75) is 9.65 Å². The average Bonchev–Trinajstić information content (AvgIpc) is 2.59. The third-order valence-corrected chi connectivity index (χ3v) is 5.85. The lowest BCUT2D eigenvalue weighted by Crippen LogP contribution is -2.20. The molecule has 0 spiro atoms. The standard InChI is InChI=1S/C18H16Br2O2/c1-2-12-22-15-11-7-6-10-14(15)18(21)17(20)16(19)13-8-4-3-5-9-13/h2-11,16-17H,1,12H2. The second kappa shape index (κ2) is 8.30. The van der Waals surface area contributed by atoms with Crippen molar-refractivity contribution in [2.75, 3.05) is 6.61 Å². The number of ketones is 1. The summed E-state index contributed by atoms with van der Waals surface area (Å²) in [7, 11) is 0. The van der Waals surface area contributed by atoms with E-state index in [1.54, 1.807) is 18.2 Å². The van der Waals surface area contributed by atoms with E-state index in [9.17, 15) is 4.79 Å². The number of hydrogen-bond donors (Lipinski definition) is 0. The molecule has 0 aliphatic rings. The van der Waals surface area contributed by atoms with E-state index < -0.39 is 0 Å². The molecule has 4 heteroatoms. The highest BCUT2D eigenvalue weighted by Crippen LogP contribution is 2.34. The van der Waals surface area contributed by atoms with Gasteiger partial charge in [0, 0.05) is 0 Å². The van der Waals surface area contributed by atoms with Gasteiger partial charge in [-0.25, -0.2) is 0 Å². The lowest BCUT2D eigenvalue weighted by atomic mass is 10.0. The summed E-state index contributed by atoms with van der Waals surface area (Å²) in [6.45, 7) is 4.00. The lowest BCUT2D eigenvalue weighted by molar-refractivity contribution is 0.0987. The van der Waals surface area contributed by atoms with Crippen LogP contribution in [0, 0.1) is 0 Å². The molecule has 0 aliphatic heterocycles. The SMILES string of the molecule is C=CCOc1ccccc1C(=O)C(Br)C(Br)c1ccccc1. The van der Waals surface area contributed by atoms with Crippen LogP contribution in [0.2, 0.25) is 0 Å². The van der Waals surface area contributed by atoms with Crippen molar-refractivity contribution in [1.82, 2.24) is 0 Å². The Morgan fingerprint density at radius 1 is 1.09 bits per heavy atom. The van der Waals surface area contributed by atoms with Crippen LogP contribution in [0.4, 0.5) is 0 Å². The van der Waals surface area contributed by atoms with Crippen molar-refractivity contribution in [3.05, 3.63) is 78.4 Å². The van der Waals surface area contributed by atoms with Crippen LogP contribution in [0.3, 0.4) is 0 Å². The summed E-state index contributed by atoms with van der Waals surface area (Å²) in [5.74, 6) is 0.551. The molecule has 2 aromatic rings. The van der Waals surface area contributed by atoms with Gasteiger partial charge in [0.1, 0.15) is 12.4 Å². The average molecular weight is 424 g/mol. The summed E-state index contributed by atoms with van der Waals surface area (Å²) >= 11 is 7.11. The number of Topliss-reactive ketones (excluding diaryl/α,β-unsaturated/α-hetero) is 1. The van der Waals surface area contributed by atoms with E-state index in [1.165, 1.54) is 0 Å². The Labute approximate surface area is 147 Å². The number of carbonyl (C=O) groups is 1. The quantitative estimate of drug-likeness (QED) is 0.341. The predicted octanol–water partition coefficient (Wildman–Crippen LogP) is 5.33. The topological polar surface area (TPSA) is 26.3 Å². The lowest BCUT2D eigenvalue weighted by Gasteiger charge is -2.18. The smallest absolute Gasteiger partial charge is 0.181 e. The number of benzene rings is 2. The molecule has 2 aromatic carbocycles. The van der Waals surface area contributed by atoms with Crippen molar-refractivity contribution >= 4 is 37.6 Å². The van der Waals surface area contributed by atoms with Gasteiger partial charge in [0.15, 0.2) is 5.78 Å². The number of alkyl halides is 2. The summed E-state index contributed by atoms with van der Waals surface area (Å²) < 4.78 is 5.57. The first-order valence-corrected chi connectivity index (χ1v) is 8.68. The van der Waals surface area contributed by atoms with E-state index in [2.05, 4.69) is 38.4 Å². The second-order valence-corrected chi connectivity index (χ2v) is 6.65. The zero-order chi connectivity index (χ0) is 15.9. The first-order valence-electron chi connectivity index (χ1n) is 6.85. The Kier molecular flexibility index (Phi) is 6.40. The molecule has 0 fully saturated rings. The Morgan fingerprint density at radius 2 is 1.73 bits per heavy atom.